The lowest BCUT2D eigenvalue weighted by molar-refractivity contribution is -0.121. The molecule has 3 aromatic rings. The highest BCUT2D eigenvalue weighted by Crippen LogP contribution is 2.35. The molecule has 0 aliphatic carbocycles. The van der Waals surface area contributed by atoms with E-state index in [2.05, 4.69) is 95.5 Å². The summed E-state index contributed by atoms with van der Waals surface area (Å²) >= 11 is 1.43. The van der Waals surface area contributed by atoms with Crippen molar-refractivity contribution in [1.82, 2.24) is 9.47 Å². The van der Waals surface area contributed by atoms with Gasteiger partial charge in [0.15, 0.2) is 5.17 Å². The highest BCUT2D eigenvalue weighted by Gasteiger charge is 2.30. The van der Waals surface area contributed by atoms with E-state index < -0.39 is 0 Å². The summed E-state index contributed by atoms with van der Waals surface area (Å²) in [7, 11) is 1.79. The van der Waals surface area contributed by atoms with Crippen LogP contribution >= 0.6 is 11.8 Å². The number of amides is 1. The maximum atomic E-state index is 13.0. The maximum Gasteiger partial charge on any atom is 0.266 e. The molecular weight excluding hydrogens is 438 g/mol. The van der Waals surface area contributed by atoms with Crippen molar-refractivity contribution < 1.29 is 4.79 Å². The third-order valence-electron chi connectivity index (χ3n) is 6.47. The molecule has 1 saturated heterocycles. The molecular formula is C29H33N3OS. The van der Waals surface area contributed by atoms with Crippen molar-refractivity contribution in [3.05, 3.63) is 87.1 Å². The van der Waals surface area contributed by atoms with Crippen LogP contribution in [-0.4, -0.2) is 27.6 Å². The fourth-order valence-corrected chi connectivity index (χ4v) is 5.12. The number of aromatic nitrogens is 1. The van der Waals surface area contributed by atoms with E-state index in [4.69, 9.17) is 4.99 Å². The Morgan fingerprint density at radius 1 is 0.912 bits per heavy atom. The van der Waals surface area contributed by atoms with Crippen LogP contribution in [-0.2, 0) is 10.2 Å². The molecule has 5 heteroatoms. The van der Waals surface area contributed by atoms with Gasteiger partial charge in [-0.1, -0.05) is 39.0 Å². The van der Waals surface area contributed by atoms with Crippen molar-refractivity contribution in [3.8, 4) is 5.69 Å². The number of carbonyl (C=O) groups excluding carboxylic acids is 1. The molecule has 0 radical (unpaired) electrons. The van der Waals surface area contributed by atoms with Crippen LogP contribution in [0.3, 0.4) is 0 Å². The summed E-state index contributed by atoms with van der Waals surface area (Å²) in [5.41, 5.74) is 9.16. The fourth-order valence-electron chi connectivity index (χ4n) is 4.14. The zero-order valence-corrected chi connectivity index (χ0v) is 22.2. The zero-order valence-electron chi connectivity index (χ0n) is 21.4. The minimum absolute atomic E-state index is 0.0214. The topological polar surface area (TPSA) is 37.6 Å². The number of carbonyl (C=O) groups is 1. The van der Waals surface area contributed by atoms with Gasteiger partial charge >= 0.3 is 0 Å². The van der Waals surface area contributed by atoms with Crippen molar-refractivity contribution in [1.29, 1.82) is 0 Å². The number of benzene rings is 2. The largest absolute Gasteiger partial charge is 0.318 e. The van der Waals surface area contributed by atoms with E-state index in [1.165, 1.54) is 28.5 Å². The Bertz CT molecular complexity index is 1320. The lowest BCUT2D eigenvalue weighted by Gasteiger charge is -2.20. The Morgan fingerprint density at radius 2 is 1.59 bits per heavy atom. The smallest absolute Gasteiger partial charge is 0.266 e. The summed E-state index contributed by atoms with van der Waals surface area (Å²) in [5.74, 6) is -0.0214. The number of aliphatic imine (C=N–C) groups is 1. The monoisotopic (exact) mass is 471 g/mol. The number of aryl methyl sites for hydroxylation is 3. The molecule has 1 aliphatic rings. The highest BCUT2D eigenvalue weighted by atomic mass is 32.2. The minimum Gasteiger partial charge on any atom is -0.318 e. The van der Waals surface area contributed by atoms with Crippen molar-refractivity contribution in [2.24, 2.45) is 4.99 Å². The van der Waals surface area contributed by atoms with Gasteiger partial charge in [-0.3, -0.25) is 9.69 Å². The van der Waals surface area contributed by atoms with Gasteiger partial charge in [-0.2, -0.15) is 0 Å². The van der Waals surface area contributed by atoms with Crippen molar-refractivity contribution in [2.75, 3.05) is 7.05 Å². The third-order valence-corrected chi connectivity index (χ3v) is 7.53. The molecule has 0 atom stereocenters. The molecule has 2 heterocycles. The van der Waals surface area contributed by atoms with E-state index in [1.807, 2.05) is 12.1 Å². The fraction of sp³-hybridized carbons (Fsp3) is 0.310. The van der Waals surface area contributed by atoms with E-state index in [1.54, 1.807) is 11.9 Å². The molecule has 4 nitrogen and oxygen atoms in total. The molecule has 1 aromatic heterocycles. The van der Waals surface area contributed by atoms with E-state index in [-0.39, 0.29) is 11.3 Å². The van der Waals surface area contributed by atoms with Crippen molar-refractivity contribution in [2.45, 2.75) is 53.9 Å². The van der Waals surface area contributed by atoms with E-state index >= 15 is 0 Å². The lowest BCUT2D eigenvalue weighted by atomic mass is 9.87. The minimum atomic E-state index is -0.0214. The first-order chi connectivity index (χ1) is 16.0. The number of amidine groups is 1. The predicted molar refractivity (Wildman–Crippen MR) is 145 cm³/mol. The van der Waals surface area contributed by atoms with E-state index in [9.17, 15) is 4.79 Å². The molecule has 0 saturated carbocycles. The van der Waals surface area contributed by atoms with Crippen LogP contribution in [0.5, 0.6) is 0 Å². The summed E-state index contributed by atoms with van der Waals surface area (Å²) in [6.45, 7) is 15.1. The predicted octanol–water partition coefficient (Wildman–Crippen LogP) is 7.24. The second kappa shape index (κ2) is 8.95. The van der Waals surface area contributed by atoms with Crippen LogP contribution < -0.4 is 0 Å². The number of nitrogens with zero attached hydrogens (tertiary/aromatic N) is 3. The number of rotatable bonds is 3. The zero-order chi connectivity index (χ0) is 24.8. The molecule has 0 spiro atoms. The van der Waals surface area contributed by atoms with Crippen LogP contribution in [0.4, 0.5) is 5.69 Å². The van der Waals surface area contributed by atoms with Gasteiger partial charge in [0.25, 0.3) is 5.91 Å². The van der Waals surface area contributed by atoms with Gasteiger partial charge in [-0.25, -0.2) is 4.99 Å². The number of thioether (sulfide) groups is 1. The summed E-state index contributed by atoms with van der Waals surface area (Å²) in [4.78, 5) is 20.1. The highest BCUT2D eigenvalue weighted by molar-refractivity contribution is 8.18. The second-order valence-electron chi connectivity index (χ2n) is 10.1. The molecule has 0 N–H and O–H groups in total. The molecule has 0 unspecified atom stereocenters. The molecule has 1 aliphatic heterocycles. The quantitative estimate of drug-likeness (QED) is 0.378. The number of hydrogen-bond acceptors (Lipinski definition) is 3. The Kier molecular flexibility index (Phi) is 6.34. The lowest BCUT2D eigenvalue weighted by Crippen LogP contribution is -2.23. The molecule has 0 bridgehead atoms. The molecule has 176 valence electrons. The Balaban J connectivity index is 1.65. The van der Waals surface area contributed by atoms with Gasteiger partial charge in [0.05, 0.1) is 10.6 Å². The normalized spacial score (nSPS) is 16.8. The van der Waals surface area contributed by atoms with Crippen LogP contribution in [0.1, 0.15) is 54.4 Å². The third kappa shape index (κ3) is 4.62. The Morgan fingerprint density at radius 3 is 2.21 bits per heavy atom. The standard InChI is InChI=1S/C29H33N3OS/c1-18-9-12-24(15-19(18)2)30-28-31(8)27(33)26(34-28)17-22-16-20(3)32(21(22)4)25-13-10-23(11-14-25)29(5,6)7/h9-17H,1-8H3/b26-17-,30-28?. The van der Waals surface area contributed by atoms with Crippen LogP contribution in [0.2, 0.25) is 0 Å². The van der Waals surface area contributed by atoms with Gasteiger partial charge in [0.2, 0.25) is 0 Å². The van der Waals surface area contributed by atoms with Crippen LogP contribution in [0, 0.1) is 27.7 Å². The maximum absolute atomic E-state index is 13.0. The molecule has 2 aromatic carbocycles. The summed E-state index contributed by atoms with van der Waals surface area (Å²) in [6.07, 6.45) is 1.99. The summed E-state index contributed by atoms with van der Waals surface area (Å²) in [6, 6.07) is 17.0. The molecule has 1 fully saturated rings. The van der Waals surface area contributed by atoms with Crippen LogP contribution in [0.15, 0.2) is 58.4 Å². The first-order valence-electron chi connectivity index (χ1n) is 11.6. The van der Waals surface area contributed by atoms with Gasteiger partial charge in [-0.15, -0.1) is 0 Å². The Hall–Kier alpha value is -3.05. The first-order valence-corrected chi connectivity index (χ1v) is 12.4. The van der Waals surface area contributed by atoms with Crippen molar-refractivity contribution >= 4 is 34.6 Å². The SMILES string of the molecule is Cc1ccc(N=C2S/C(=C\c3cc(C)n(-c4ccc(C(C)(C)C)cc4)c3C)C(=O)N2C)cc1C. The van der Waals surface area contributed by atoms with Crippen LogP contribution in [0.25, 0.3) is 11.8 Å². The average Bonchev–Trinajstić information content (AvgIpc) is 3.20. The van der Waals surface area contributed by atoms with Gasteiger partial charge < -0.3 is 4.57 Å². The Labute approximate surface area is 207 Å². The van der Waals surface area contributed by atoms with E-state index in [0.29, 0.717) is 10.1 Å². The van der Waals surface area contributed by atoms with E-state index in [0.717, 1.165) is 28.3 Å². The second-order valence-corrected chi connectivity index (χ2v) is 11.1. The molecule has 1 amide bonds. The van der Waals surface area contributed by atoms with Gasteiger partial charge in [0.1, 0.15) is 0 Å². The molecule has 4 rings (SSSR count). The number of likely N-dealkylation sites (N-methyl/N-ethyl adjacent to an activating group) is 1. The first kappa shape index (κ1) is 24.1. The summed E-state index contributed by atoms with van der Waals surface area (Å²) in [5, 5.41) is 0.700. The summed E-state index contributed by atoms with van der Waals surface area (Å²) < 4.78 is 2.25. The molecule has 34 heavy (non-hydrogen) atoms. The number of hydrogen-bond donors (Lipinski definition) is 0. The van der Waals surface area contributed by atoms with Gasteiger partial charge in [0, 0.05) is 24.1 Å². The average molecular weight is 472 g/mol. The van der Waals surface area contributed by atoms with Crippen molar-refractivity contribution in [3.63, 3.8) is 0 Å². The van der Waals surface area contributed by atoms with Gasteiger partial charge in [-0.05, 0) is 104 Å².